The molecule has 0 fully saturated rings. The highest BCUT2D eigenvalue weighted by molar-refractivity contribution is 6.13. The molecule has 0 aliphatic carbocycles. The maximum atomic E-state index is 11.0. The van der Waals surface area contributed by atoms with Crippen LogP contribution in [0.25, 0.3) is 0 Å². The van der Waals surface area contributed by atoms with Crippen molar-refractivity contribution in [2.75, 3.05) is 0 Å². The molecule has 0 radical (unpaired) electrons. The third-order valence-corrected chi connectivity index (χ3v) is 2.05. The molecule has 2 aliphatic heterocycles. The number of rotatable bonds is 0. The molecule has 0 aromatic heterocycles. The summed E-state index contributed by atoms with van der Waals surface area (Å²) in [4.78, 5) is 18.8. The zero-order valence-electron chi connectivity index (χ0n) is 7.19. The van der Waals surface area contributed by atoms with Crippen molar-refractivity contribution in [1.29, 1.82) is 0 Å². The van der Waals surface area contributed by atoms with Crippen molar-refractivity contribution in [3.63, 3.8) is 0 Å². The Balaban J connectivity index is 2.44. The number of amides is 1. The first-order valence-corrected chi connectivity index (χ1v) is 4.00. The van der Waals surface area contributed by atoms with Gasteiger partial charge in [-0.2, -0.15) is 4.99 Å². The molecule has 2 N–H and O–H groups in total. The lowest BCUT2D eigenvalue weighted by Gasteiger charge is -2.19. The van der Waals surface area contributed by atoms with Gasteiger partial charge in [0.2, 0.25) is 0 Å². The maximum Gasteiger partial charge on any atom is 0.271 e. The summed E-state index contributed by atoms with van der Waals surface area (Å²) in [5, 5.41) is 0. The van der Waals surface area contributed by atoms with Gasteiger partial charge in [0.1, 0.15) is 11.7 Å². The molecule has 1 atom stereocenters. The third kappa shape index (κ3) is 1.30. The van der Waals surface area contributed by atoms with Crippen LogP contribution in [0.1, 0.15) is 6.92 Å². The minimum absolute atomic E-state index is 0.0324. The van der Waals surface area contributed by atoms with Crippen molar-refractivity contribution in [2.24, 2.45) is 21.6 Å². The lowest BCUT2D eigenvalue weighted by Crippen LogP contribution is -2.25. The first kappa shape index (κ1) is 7.91. The Bertz CT molecular complexity index is 388. The number of aliphatic imine (C=N–C) groups is 2. The Kier molecular flexibility index (Phi) is 1.62. The van der Waals surface area contributed by atoms with Crippen LogP contribution in [0.2, 0.25) is 0 Å². The smallest absolute Gasteiger partial charge is 0.271 e. The number of carbonyl (C=O) groups is 1. The van der Waals surface area contributed by atoms with Gasteiger partial charge in [-0.05, 0) is 13.0 Å². The first-order valence-electron chi connectivity index (χ1n) is 4.00. The minimum atomic E-state index is -0.254. The van der Waals surface area contributed by atoms with Crippen molar-refractivity contribution < 1.29 is 4.79 Å². The highest BCUT2D eigenvalue weighted by Gasteiger charge is 2.23. The molecule has 2 heterocycles. The van der Waals surface area contributed by atoms with E-state index in [9.17, 15) is 4.79 Å². The van der Waals surface area contributed by atoms with Gasteiger partial charge in [0.25, 0.3) is 5.91 Å². The molecule has 2 rings (SSSR count). The van der Waals surface area contributed by atoms with Crippen molar-refractivity contribution in [3.8, 4) is 0 Å². The van der Waals surface area contributed by atoms with Crippen LogP contribution < -0.4 is 5.73 Å². The van der Waals surface area contributed by atoms with Crippen molar-refractivity contribution in [2.45, 2.75) is 6.92 Å². The zero-order valence-corrected chi connectivity index (χ0v) is 7.19. The lowest BCUT2D eigenvalue weighted by atomic mass is 9.94. The molecule has 1 unspecified atom stereocenters. The molecular weight excluding hydrogens is 166 g/mol. The molecule has 0 saturated carbocycles. The van der Waals surface area contributed by atoms with Crippen molar-refractivity contribution >= 4 is 17.6 Å². The van der Waals surface area contributed by atoms with Crippen LogP contribution in [-0.4, -0.2) is 17.6 Å². The van der Waals surface area contributed by atoms with Crippen LogP contribution in [0.5, 0.6) is 0 Å². The van der Waals surface area contributed by atoms with Crippen LogP contribution in [0.3, 0.4) is 0 Å². The van der Waals surface area contributed by atoms with E-state index < -0.39 is 0 Å². The molecule has 13 heavy (non-hydrogen) atoms. The monoisotopic (exact) mass is 175 g/mol. The van der Waals surface area contributed by atoms with E-state index in [1.165, 1.54) is 6.08 Å². The zero-order chi connectivity index (χ0) is 9.42. The van der Waals surface area contributed by atoms with Gasteiger partial charge in [-0.15, -0.1) is 0 Å². The van der Waals surface area contributed by atoms with E-state index in [2.05, 4.69) is 9.98 Å². The summed E-state index contributed by atoms with van der Waals surface area (Å²) in [6.07, 6.45) is 5.16. The normalized spacial score (nSPS) is 26.1. The van der Waals surface area contributed by atoms with Crippen LogP contribution in [0, 0.1) is 5.92 Å². The van der Waals surface area contributed by atoms with Gasteiger partial charge in [-0.1, -0.05) is 11.6 Å². The highest BCUT2D eigenvalue weighted by atomic mass is 16.1. The quantitative estimate of drug-likeness (QED) is 0.579. The van der Waals surface area contributed by atoms with Gasteiger partial charge in [-0.25, -0.2) is 4.99 Å². The summed E-state index contributed by atoms with van der Waals surface area (Å²) in [7, 11) is 0. The first-order chi connectivity index (χ1) is 6.16. The fraction of sp³-hybridized carbons (Fsp3) is 0.222. The molecule has 0 aromatic rings. The van der Waals surface area contributed by atoms with Crippen LogP contribution in [0.15, 0.2) is 33.8 Å². The predicted molar refractivity (Wildman–Crippen MR) is 50.5 cm³/mol. The minimum Gasteiger partial charge on any atom is -0.384 e. The lowest BCUT2D eigenvalue weighted by molar-refractivity contribution is -0.113. The van der Waals surface area contributed by atoms with Crippen LogP contribution in [-0.2, 0) is 4.79 Å². The molecule has 0 bridgehead atoms. The van der Waals surface area contributed by atoms with Crippen LogP contribution >= 0.6 is 0 Å². The molecule has 4 heteroatoms. The number of dihydropyridines is 2. The van der Waals surface area contributed by atoms with Gasteiger partial charge >= 0.3 is 0 Å². The Labute approximate surface area is 75.6 Å². The topological polar surface area (TPSA) is 67.8 Å². The molecular formula is C9H9N3O. The number of amidine groups is 2. The summed E-state index contributed by atoms with van der Waals surface area (Å²) in [5.41, 5.74) is 6.44. The third-order valence-electron chi connectivity index (χ3n) is 2.05. The number of hydrogen-bond acceptors (Lipinski definition) is 3. The number of carbonyl (C=O) groups excluding carboxylic acids is 1. The summed E-state index contributed by atoms with van der Waals surface area (Å²) in [6, 6.07) is 0. The number of nitrogens with two attached hydrogens (primary N) is 1. The van der Waals surface area contributed by atoms with E-state index in [4.69, 9.17) is 5.73 Å². The van der Waals surface area contributed by atoms with Crippen molar-refractivity contribution in [1.82, 2.24) is 0 Å². The molecule has 0 saturated heterocycles. The van der Waals surface area contributed by atoms with Gasteiger partial charge in [-0.3, -0.25) is 4.79 Å². The maximum absolute atomic E-state index is 11.0. The van der Waals surface area contributed by atoms with Gasteiger partial charge in [0.15, 0.2) is 0 Å². The Morgan fingerprint density at radius 1 is 1.46 bits per heavy atom. The second kappa shape index (κ2) is 2.65. The van der Waals surface area contributed by atoms with Crippen LogP contribution in [0.4, 0.5) is 0 Å². The fourth-order valence-corrected chi connectivity index (χ4v) is 1.40. The standard InChI is InChI=1S/C9H9N3O/c1-5-4-8(13)12-9-6(5)2-3-7(10)11-9/h2-4,6H,1H3,(H2,10,11,12,13). The number of nitrogens with zero attached hydrogens (tertiary/aromatic N) is 2. The second-order valence-corrected chi connectivity index (χ2v) is 3.07. The molecule has 0 spiro atoms. The largest absolute Gasteiger partial charge is 0.384 e. The Morgan fingerprint density at radius 3 is 3.00 bits per heavy atom. The average Bonchev–Trinajstić information content (AvgIpc) is 2.02. The van der Waals surface area contributed by atoms with E-state index in [1.54, 1.807) is 6.08 Å². The molecule has 4 nitrogen and oxygen atoms in total. The summed E-state index contributed by atoms with van der Waals surface area (Å²) in [6.45, 7) is 1.89. The van der Waals surface area contributed by atoms with Gasteiger partial charge in [0, 0.05) is 6.08 Å². The molecule has 66 valence electrons. The SMILES string of the molecule is CC1=CC(=O)N=C2N=C(N)C=CC12. The molecule has 1 amide bonds. The Morgan fingerprint density at radius 2 is 2.23 bits per heavy atom. The second-order valence-electron chi connectivity index (χ2n) is 3.07. The average molecular weight is 175 g/mol. The van der Waals surface area contributed by atoms with Gasteiger partial charge < -0.3 is 5.73 Å². The Hall–Kier alpha value is -1.71. The van der Waals surface area contributed by atoms with E-state index >= 15 is 0 Å². The summed E-state index contributed by atoms with van der Waals surface area (Å²) < 4.78 is 0. The predicted octanol–water partition coefficient (Wildman–Crippen LogP) is 0.415. The van der Waals surface area contributed by atoms with Gasteiger partial charge in [0.05, 0.1) is 5.92 Å². The van der Waals surface area contributed by atoms with E-state index in [1.807, 2.05) is 13.0 Å². The van der Waals surface area contributed by atoms with E-state index in [-0.39, 0.29) is 11.8 Å². The molecule has 2 aliphatic rings. The van der Waals surface area contributed by atoms with E-state index in [0.29, 0.717) is 11.7 Å². The molecule has 0 aromatic carbocycles. The summed E-state index contributed by atoms with van der Waals surface area (Å²) in [5.74, 6) is 0.683. The van der Waals surface area contributed by atoms with Crippen molar-refractivity contribution in [3.05, 3.63) is 23.8 Å². The highest BCUT2D eigenvalue weighted by Crippen LogP contribution is 2.21. The fourth-order valence-electron chi connectivity index (χ4n) is 1.40. The number of fused-ring (bicyclic) bond motifs is 1. The number of hydrogen-bond donors (Lipinski definition) is 1. The summed E-state index contributed by atoms with van der Waals surface area (Å²) >= 11 is 0. The van der Waals surface area contributed by atoms with E-state index in [0.717, 1.165) is 5.57 Å².